The molecule has 2 aromatic rings. The predicted octanol–water partition coefficient (Wildman–Crippen LogP) is 3.02. The normalized spacial score (nSPS) is 10.3. The molecule has 0 aliphatic rings. The number of amides is 1. The van der Waals surface area contributed by atoms with Crippen LogP contribution < -0.4 is 10.6 Å². The van der Waals surface area contributed by atoms with E-state index in [4.69, 9.17) is 0 Å². The fourth-order valence-electron chi connectivity index (χ4n) is 1.96. The maximum Gasteiger partial charge on any atom is 0.269 e. The quantitative estimate of drug-likeness (QED) is 0.826. The van der Waals surface area contributed by atoms with Gasteiger partial charge < -0.3 is 10.6 Å². The Hall–Kier alpha value is -2.43. The number of nitrogens with zero attached hydrogens (tertiary/aromatic N) is 1. The average Bonchev–Trinajstić information content (AvgIpc) is 2.55. The Morgan fingerprint density at radius 2 is 1.91 bits per heavy atom. The first-order valence-electron chi connectivity index (χ1n) is 7.41. The molecule has 0 aliphatic carbocycles. The molecule has 0 radical (unpaired) electrons. The van der Waals surface area contributed by atoms with Gasteiger partial charge in [0.05, 0.1) is 11.9 Å². The third kappa shape index (κ3) is 4.84. The van der Waals surface area contributed by atoms with E-state index in [0.717, 1.165) is 24.2 Å². The molecule has 0 saturated carbocycles. The molecule has 5 heteroatoms. The van der Waals surface area contributed by atoms with Gasteiger partial charge in [-0.25, -0.2) is 9.37 Å². The van der Waals surface area contributed by atoms with Crippen LogP contribution in [0.1, 0.15) is 29.4 Å². The lowest BCUT2D eigenvalue weighted by Gasteiger charge is -2.07. The highest BCUT2D eigenvalue weighted by molar-refractivity contribution is 5.92. The van der Waals surface area contributed by atoms with E-state index in [1.165, 1.54) is 12.1 Å². The second-order valence-electron chi connectivity index (χ2n) is 4.99. The van der Waals surface area contributed by atoms with Crippen LogP contribution >= 0.6 is 0 Å². The fourth-order valence-corrected chi connectivity index (χ4v) is 1.96. The van der Waals surface area contributed by atoms with Crippen molar-refractivity contribution in [3.8, 4) is 0 Å². The molecule has 0 atom stereocenters. The summed E-state index contributed by atoms with van der Waals surface area (Å²) in [6, 6.07) is 9.81. The van der Waals surface area contributed by atoms with E-state index in [1.807, 2.05) is 6.07 Å². The maximum atomic E-state index is 12.8. The second kappa shape index (κ2) is 8.12. The topological polar surface area (TPSA) is 54.0 Å². The van der Waals surface area contributed by atoms with E-state index >= 15 is 0 Å². The van der Waals surface area contributed by atoms with Gasteiger partial charge in [-0.05, 0) is 42.7 Å². The lowest BCUT2D eigenvalue weighted by molar-refractivity contribution is 0.0949. The zero-order valence-electron chi connectivity index (χ0n) is 12.6. The number of hydrogen-bond donors (Lipinski definition) is 2. The van der Waals surface area contributed by atoms with Crippen molar-refractivity contribution in [2.24, 2.45) is 0 Å². The highest BCUT2D eigenvalue weighted by Gasteiger charge is 2.06. The molecule has 4 nitrogen and oxygen atoms in total. The number of rotatable bonds is 7. The lowest BCUT2D eigenvalue weighted by atomic mass is 10.1. The van der Waals surface area contributed by atoms with Crippen molar-refractivity contribution in [3.63, 3.8) is 0 Å². The lowest BCUT2D eigenvalue weighted by Crippen LogP contribution is -2.26. The first kappa shape index (κ1) is 15.9. The Kier molecular flexibility index (Phi) is 5.89. The molecular weight excluding hydrogens is 281 g/mol. The van der Waals surface area contributed by atoms with E-state index in [2.05, 4.69) is 22.5 Å². The number of halogens is 1. The maximum absolute atomic E-state index is 12.8. The number of hydrogen-bond acceptors (Lipinski definition) is 3. The summed E-state index contributed by atoms with van der Waals surface area (Å²) in [5.41, 5.74) is 2.28. The van der Waals surface area contributed by atoms with Gasteiger partial charge in [0.25, 0.3) is 5.91 Å². The standard InChI is InChI=1S/C17H20FN3O/c1-2-10-19-15-7-8-16(21-12-15)17(22)20-11-9-13-3-5-14(18)6-4-13/h3-8,12,19H,2,9-11H2,1H3,(H,20,22). The van der Waals surface area contributed by atoms with Gasteiger partial charge >= 0.3 is 0 Å². The van der Waals surface area contributed by atoms with Gasteiger partial charge in [0.1, 0.15) is 11.5 Å². The molecule has 1 aromatic heterocycles. The van der Waals surface area contributed by atoms with E-state index in [0.29, 0.717) is 18.7 Å². The van der Waals surface area contributed by atoms with E-state index in [-0.39, 0.29) is 11.7 Å². The van der Waals surface area contributed by atoms with Crippen LogP contribution in [0, 0.1) is 5.82 Å². The molecule has 22 heavy (non-hydrogen) atoms. The molecule has 0 fully saturated rings. The van der Waals surface area contributed by atoms with Gasteiger partial charge in [0.15, 0.2) is 0 Å². The number of carbonyl (C=O) groups excluding carboxylic acids is 1. The smallest absolute Gasteiger partial charge is 0.269 e. The summed E-state index contributed by atoms with van der Waals surface area (Å²) >= 11 is 0. The zero-order valence-corrected chi connectivity index (χ0v) is 12.6. The van der Waals surface area contributed by atoms with Crippen LogP contribution in [0.4, 0.5) is 10.1 Å². The van der Waals surface area contributed by atoms with E-state index in [9.17, 15) is 9.18 Å². The van der Waals surface area contributed by atoms with Crippen molar-refractivity contribution >= 4 is 11.6 Å². The van der Waals surface area contributed by atoms with Crippen LogP contribution in [-0.4, -0.2) is 24.0 Å². The van der Waals surface area contributed by atoms with Crippen molar-refractivity contribution < 1.29 is 9.18 Å². The highest BCUT2D eigenvalue weighted by atomic mass is 19.1. The Morgan fingerprint density at radius 1 is 1.14 bits per heavy atom. The molecule has 0 bridgehead atoms. The van der Waals surface area contributed by atoms with Gasteiger partial charge in [0.2, 0.25) is 0 Å². The van der Waals surface area contributed by atoms with Crippen LogP contribution in [0.2, 0.25) is 0 Å². The van der Waals surface area contributed by atoms with Gasteiger partial charge in [0, 0.05) is 13.1 Å². The van der Waals surface area contributed by atoms with Crippen molar-refractivity contribution in [1.29, 1.82) is 0 Å². The SMILES string of the molecule is CCCNc1ccc(C(=O)NCCc2ccc(F)cc2)nc1. The minimum atomic E-state index is -0.256. The number of nitrogens with one attached hydrogen (secondary N) is 2. The number of aromatic nitrogens is 1. The van der Waals surface area contributed by atoms with Crippen molar-refractivity contribution in [2.45, 2.75) is 19.8 Å². The average molecular weight is 301 g/mol. The monoisotopic (exact) mass is 301 g/mol. The largest absolute Gasteiger partial charge is 0.384 e. The number of benzene rings is 1. The van der Waals surface area contributed by atoms with Crippen LogP contribution in [0.15, 0.2) is 42.6 Å². The predicted molar refractivity (Wildman–Crippen MR) is 85.5 cm³/mol. The number of carbonyl (C=O) groups is 1. The molecule has 1 aromatic carbocycles. The summed E-state index contributed by atoms with van der Waals surface area (Å²) in [5, 5.41) is 6.01. The first-order chi connectivity index (χ1) is 10.7. The van der Waals surface area contributed by atoms with E-state index < -0.39 is 0 Å². The molecule has 0 saturated heterocycles. The zero-order chi connectivity index (χ0) is 15.8. The highest BCUT2D eigenvalue weighted by Crippen LogP contribution is 2.06. The molecule has 1 heterocycles. The molecule has 1 amide bonds. The van der Waals surface area contributed by atoms with Crippen molar-refractivity contribution in [2.75, 3.05) is 18.4 Å². The molecule has 2 N–H and O–H groups in total. The van der Waals surface area contributed by atoms with Crippen molar-refractivity contribution in [1.82, 2.24) is 10.3 Å². The van der Waals surface area contributed by atoms with E-state index in [1.54, 1.807) is 24.4 Å². The molecular formula is C17H20FN3O. The minimum absolute atomic E-state index is 0.204. The second-order valence-corrected chi connectivity index (χ2v) is 4.99. The summed E-state index contributed by atoms with van der Waals surface area (Å²) in [4.78, 5) is 16.1. The van der Waals surface area contributed by atoms with Crippen LogP contribution in [0.25, 0.3) is 0 Å². The first-order valence-corrected chi connectivity index (χ1v) is 7.41. The number of anilines is 1. The Labute approximate surface area is 129 Å². The van der Waals surface area contributed by atoms with Gasteiger partial charge in [-0.15, -0.1) is 0 Å². The summed E-state index contributed by atoms with van der Waals surface area (Å²) < 4.78 is 12.8. The molecule has 116 valence electrons. The third-order valence-corrected chi connectivity index (χ3v) is 3.19. The van der Waals surface area contributed by atoms with Crippen molar-refractivity contribution in [3.05, 3.63) is 59.7 Å². The Morgan fingerprint density at radius 3 is 2.55 bits per heavy atom. The Bertz CT molecular complexity index is 596. The van der Waals surface area contributed by atoms with Gasteiger partial charge in [-0.2, -0.15) is 0 Å². The van der Waals surface area contributed by atoms with Crippen LogP contribution in [-0.2, 0) is 6.42 Å². The fraction of sp³-hybridized carbons (Fsp3) is 0.294. The minimum Gasteiger partial charge on any atom is -0.384 e. The molecule has 0 unspecified atom stereocenters. The molecule has 0 aliphatic heterocycles. The third-order valence-electron chi connectivity index (χ3n) is 3.19. The number of pyridine rings is 1. The summed E-state index contributed by atoms with van der Waals surface area (Å²) in [6.07, 6.45) is 3.35. The molecule has 2 rings (SSSR count). The summed E-state index contributed by atoms with van der Waals surface area (Å²) in [7, 11) is 0. The van der Waals surface area contributed by atoms with Gasteiger partial charge in [-0.3, -0.25) is 4.79 Å². The molecule has 0 spiro atoms. The summed E-state index contributed by atoms with van der Waals surface area (Å²) in [5.74, 6) is -0.460. The van der Waals surface area contributed by atoms with Crippen LogP contribution in [0.3, 0.4) is 0 Å². The summed E-state index contributed by atoms with van der Waals surface area (Å²) in [6.45, 7) is 3.45. The Balaban J connectivity index is 1.80. The van der Waals surface area contributed by atoms with Gasteiger partial charge in [-0.1, -0.05) is 19.1 Å². The van der Waals surface area contributed by atoms with Crippen LogP contribution in [0.5, 0.6) is 0 Å².